The average molecular weight is 234 g/mol. The van der Waals surface area contributed by atoms with Crippen molar-refractivity contribution in [3.05, 3.63) is 24.3 Å². The van der Waals surface area contributed by atoms with Crippen molar-refractivity contribution in [1.29, 1.82) is 0 Å². The lowest BCUT2D eigenvalue weighted by Gasteiger charge is -2.21. The van der Waals surface area contributed by atoms with Gasteiger partial charge in [0, 0.05) is 19.2 Å². The lowest BCUT2D eigenvalue weighted by atomic mass is 10.3. The maximum Gasteiger partial charge on any atom is 0.245 e. The Morgan fingerprint density at radius 2 is 2.35 bits per heavy atom. The first-order valence-electron chi connectivity index (χ1n) is 5.50. The molecule has 90 valence electrons. The van der Waals surface area contributed by atoms with E-state index in [1.807, 2.05) is 0 Å². The SMILES string of the molecule is CC1NC(=O)CCN(Cc2ccncn2)C1=O. The van der Waals surface area contributed by atoms with Crippen LogP contribution in [0.1, 0.15) is 19.0 Å². The second-order valence-corrected chi connectivity index (χ2v) is 4.00. The summed E-state index contributed by atoms with van der Waals surface area (Å²) in [6.45, 7) is 2.54. The van der Waals surface area contributed by atoms with E-state index in [0.717, 1.165) is 5.69 Å². The van der Waals surface area contributed by atoms with Crippen LogP contribution in [0.2, 0.25) is 0 Å². The Morgan fingerprint density at radius 1 is 1.53 bits per heavy atom. The van der Waals surface area contributed by atoms with Gasteiger partial charge >= 0.3 is 0 Å². The van der Waals surface area contributed by atoms with Crippen LogP contribution in [0, 0.1) is 0 Å². The van der Waals surface area contributed by atoms with E-state index < -0.39 is 6.04 Å². The van der Waals surface area contributed by atoms with E-state index in [9.17, 15) is 9.59 Å². The molecule has 0 saturated carbocycles. The Labute approximate surface area is 99.1 Å². The molecule has 2 amide bonds. The van der Waals surface area contributed by atoms with E-state index >= 15 is 0 Å². The molecule has 1 N–H and O–H groups in total. The van der Waals surface area contributed by atoms with Gasteiger partial charge in [0.1, 0.15) is 12.4 Å². The van der Waals surface area contributed by atoms with Crippen LogP contribution in [-0.2, 0) is 16.1 Å². The van der Waals surface area contributed by atoms with Gasteiger partial charge in [-0.3, -0.25) is 9.59 Å². The number of amides is 2. The summed E-state index contributed by atoms with van der Waals surface area (Å²) in [5.41, 5.74) is 0.773. The van der Waals surface area contributed by atoms with Gasteiger partial charge in [-0.25, -0.2) is 9.97 Å². The highest BCUT2D eigenvalue weighted by atomic mass is 16.2. The van der Waals surface area contributed by atoms with E-state index in [4.69, 9.17) is 0 Å². The predicted octanol–water partition coefficient (Wildman–Crippen LogP) is -0.286. The quantitative estimate of drug-likeness (QED) is 0.763. The van der Waals surface area contributed by atoms with Gasteiger partial charge in [-0.15, -0.1) is 0 Å². The zero-order valence-electron chi connectivity index (χ0n) is 9.59. The van der Waals surface area contributed by atoms with Crippen LogP contribution in [0.4, 0.5) is 0 Å². The Bertz CT molecular complexity index is 421. The molecule has 2 rings (SSSR count). The zero-order valence-corrected chi connectivity index (χ0v) is 9.59. The van der Waals surface area contributed by atoms with Crippen molar-refractivity contribution >= 4 is 11.8 Å². The Balaban J connectivity index is 2.09. The van der Waals surface area contributed by atoms with Crippen LogP contribution in [0.3, 0.4) is 0 Å². The van der Waals surface area contributed by atoms with Gasteiger partial charge in [-0.2, -0.15) is 0 Å². The molecule has 1 aliphatic rings. The fourth-order valence-corrected chi connectivity index (χ4v) is 1.76. The topological polar surface area (TPSA) is 75.2 Å². The Hall–Kier alpha value is -1.98. The van der Waals surface area contributed by atoms with Gasteiger partial charge in [0.2, 0.25) is 11.8 Å². The monoisotopic (exact) mass is 234 g/mol. The normalized spacial score (nSPS) is 21.0. The van der Waals surface area contributed by atoms with Gasteiger partial charge in [0.05, 0.1) is 12.2 Å². The molecule has 6 heteroatoms. The molecular formula is C11H14N4O2. The number of aromatic nitrogens is 2. The fourth-order valence-electron chi connectivity index (χ4n) is 1.76. The molecule has 0 aliphatic carbocycles. The standard InChI is InChI=1S/C11H14N4O2/c1-8-11(17)15(5-3-10(16)14-8)6-9-2-4-12-7-13-9/h2,4,7-8H,3,5-6H2,1H3,(H,14,16). The molecule has 1 aromatic heterocycles. The first-order chi connectivity index (χ1) is 8.16. The molecule has 0 radical (unpaired) electrons. The van der Waals surface area contributed by atoms with E-state index in [-0.39, 0.29) is 11.8 Å². The number of hydrogen-bond acceptors (Lipinski definition) is 4. The lowest BCUT2D eigenvalue weighted by Crippen LogP contribution is -2.42. The first kappa shape index (κ1) is 11.5. The molecule has 0 spiro atoms. The number of nitrogens with one attached hydrogen (secondary N) is 1. The summed E-state index contributed by atoms with van der Waals surface area (Å²) in [4.78, 5) is 32.8. The summed E-state index contributed by atoms with van der Waals surface area (Å²) in [6, 6.07) is 1.30. The van der Waals surface area contributed by atoms with Gasteiger partial charge in [0.25, 0.3) is 0 Å². The lowest BCUT2D eigenvalue weighted by molar-refractivity contribution is -0.133. The largest absolute Gasteiger partial charge is 0.345 e. The molecule has 1 atom stereocenters. The van der Waals surface area contributed by atoms with Crippen molar-refractivity contribution < 1.29 is 9.59 Å². The molecule has 17 heavy (non-hydrogen) atoms. The van der Waals surface area contributed by atoms with E-state index in [2.05, 4.69) is 15.3 Å². The maximum atomic E-state index is 12.0. The third-order valence-electron chi connectivity index (χ3n) is 2.66. The summed E-state index contributed by atoms with van der Waals surface area (Å²) in [5.74, 6) is -0.162. The third-order valence-corrected chi connectivity index (χ3v) is 2.66. The van der Waals surface area contributed by atoms with Gasteiger partial charge in [0.15, 0.2) is 0 Å². The summed E-state index contributed by atoms with van der Waals surface area (Å²) < 4.78 is 0. The van der Waals surface area contributed by atoms with Crippen LogP contribution >= 0.6 is 0 Å². The fraction of sp³-hybridized carbons (Fsp3) is 0.455. The minimum Gasteiger partial charge on any atom is -0.345 e. The van der Waals surface area contributed by atoms with E-state index in [0.29, 0.717) is 19.5 Å². The number of carbonyl (C=O) groups excluding carboxylic acids is 2. The summed E-state index contributed by atoms with van der Waals surface area (Å²) in [7, 11) is 0. The van der Waals surface area contributed by atoms with Crippen molar-refractivity contribution in [3.63, 3.8) is 0 Å². The van der Waals surface area contributed by atoms with E-state index in [1.165, 1.54) is 6.33 Å². The summed E-state index contributed by atoms with van der Waals surface area (Å²) >= 11 is 0. The third kappa shape index (κ3) is 2.77. The smallest absolute Gasteiger partial charge is 0.245 e. The van der Waals surface area contributed by atoms with Crippen LogP contribution in [-0.4, -0.2) is 39.3 Å². The first-order valence-corrected chi connectivity index (χ1v) is 5.50. The number of hydrogen-bond donors (Lipinski definition) is 1. The number of rotatable bonds is 2. The molecule has 2 heterocycles. The highest BCUT2D eigenvalue weighted by molar-refractivity contribution is 5.89. The highest BCUT2D eigenvalue weighted by Crippen LogP contribution is 2.07. The predicted molar refractivity (Wildman–Crippen MR) is 59.7 cm³/mol. The highest BCUT2D eigenvalue weighted by Gasteiger charge is 2.26. The number of carbonyl (C=O) groups is 2. The second kappa shape index (κ2) is 4.90. The summed E-state index contributed by atoms with van der Waals surface area (Å²) in [6.07, 6.45) is 3.42. The maximum absolute atomic E-state index is 12.0. The Morgan fingerprint density at radius 3 is 3.06 bits per heavy atom. The van der Waals surface area contributed by atoms with E-state index in [1.54, 1.807) is 24.1 Å². The molecule has 1 aromatic rings. The van der Waals surface area contributed by atoms with Crippen LogP contribution in [0.5, 0.6) is 0 Å². The van der Waals surface area contributed by atoms with Gasteiger partial charge < -0.3 is 10.2 Å². The zero-order chi connectivity index (χ0) is 12.3. The van der Waals surface area contributed by atoms with Crippen LogP contribution < -0.4 is 5.32 Å². The second-order valence-electron chi connectivity index (χ2n) is 4.00. The molecule has 0 bridgehead atoms. The molecule has 0 aromatic carbocycles. The number of nitrogens with zero attached hydrogens (tertiary/aromatic N) is 3. The van der Waals surface area contributed by atoms with Crippen molar-refractivity contribution in [3.8, 4) is 0 Å². The molecule has 6 nitrogen and oxygen atoms in total. The average Bonchev–Trinajstić information content (AvgIpc) is 2.44. The molecular weight excluding hydrogens is 220 g/mol. The van der Waals surface area contributed by atoms with Crippen LogP contribution in [0.25, 0.3) is 0 Å². The van der Waals surface area contributed by atoms with Crippen LogP contribution in [0.15, 0.2) is 18.6 Å². The van der Waals surface area contributed by atoms with Crippen molar-refractivity contribution in [1.82, 2.24) is 20.2 Å². The van der Waals surface area contributed by atoms with Crippen molar-refractivity contribution in [2.75, 3.05) is 6.54 Å². The van der Waals surface area contributed by atoms with Crippen molar-refractivity contribution in [2.45, 2.75) is 25.9 Å². The van der Waals surface area contributed by atoms with Gasteiger partial charge in [-0.05, 0) is 13.0 Å². The molecule has 1 unspecified atom stereocenters. The Kier molecular flexibility index (Phi) is 3.32. The minimum atomic E-state index is -0.466. The molecule has 1 fully saturated rings. The summed E-state index contributed by atoms with van der Waals surface area (Å²) in [5, 5.41) is 2.64. The van der Waals surface area contributed by atoms with Crippen molar-refractivity contribution in [2.24, 2.45) is 0 Å². The van der Waals surface area contributed by atoms with Gasteiger partial charge in [-0.1, -0.05) is 0 Å². The molecule has 1 saturated heterocycles. The minimum absolute atomic E-state index is 0.0746. The molecule has 1 aliphatic heterocycles.